The van der Waals surface area contributed by atoms with Crippen LogP contribution in [0.1, 0.15) is 38.3 Å². The van der Waals surface area contributed by atoms with Crippen LogP contribution in [-0.4, -0.2) is 31.0 Å². The van der Waals surface area contributed by atoms with Gasteiger partial charge in [0, 0.05) is 23.2 Å². The van der Waals surface area contributed by atoms with Crippen LogP contribution in [0.25, 0.3) is 0 Å². The summed E-state index contributed by atoms with van der Waals surface area (Å²) in [6, 6.07) is 5.12. The highest BCUT2D eigenvalue weighted by atomic mass is 35.5. The molecule has 5 heteroatoms. The van der Waals surface area contributed by atoms with Gasteiger partial charge in [0.2, 0.25) is 0 Å². The zero-order chi connectivity index (χ0) is 15.0. The molecule has 4 nitrogen and oxygen atoms in total. The molecule has 0 spiro atoms. The highest BCUT2D eigenvalue weighted by molar-refractivity contribution is 6.30. The van der Waals surface area contributed by atoms with Gasteiger partial charge in [-0.2, -0.15) is 0 Å². The van der Waals surface area contributed by atoms with E-state index in [2.05, 4.69) is 6.92 Å². The minimum absolute atomic E-state index is 0.174. The van der Waals surface area contributed by atoms with Gasteiger partial charge >= 0.3 is 0 Å². The maximum Gasteiger partial charge on any atom is 0.124 e. The Morgan fingerprint density at radius 1 is 1.35 bits per heavy atom. The minimum Gasteiger partial charge on any atom is -0.490 e. The Balaban J connectivity index is 2.44. The zero-order valence-electron chi connectivity index (χ0n) is 12.1. The van der Waals surface area contributed by atoms with E-state index in [1.165, 1.54) is 0 Å². The van der Waals surface area contributed by atoms with Crippen LogP contribution in [0.15, 0.2) is 18.2 Å². The molecule has 0 heterocycles. The molecule has 3 N–H and O–H groups in total. The summed E-state index contributed by atoms with van der Waals surface area (Å²) in [7, 11) is 0. The molecule has 0 amide bonds. The number of halogens is 1. The molecule has 0 bridgehead atoms. The van der Waals surface area contributed by atoms with Gasteiger partial charge < -0.3 is 20.3 Å². The van der Waals surface area contributed by atoms with Crippen molar-refractivity contribution in [2.24, 2.45) is 5.73 Å². The smallest absolute Gasteiger partial charge is 0.124 e. The van der Waals surface area contributed by atoms with Crippen LogP contribution in [0.3, 0.4) is 0 Å². The number of ether oxygens (including phenoxy) is 2. The van der Waals surface area contributed by atoms with Crippen LogP contribution < -0.4 is 10.5 Å². The third-order valence-corrected chi connectivity index (χ3v) is 3.08. The van der Waals surface area contributed by atoms with Crippen LogP contribution in [-0.2, 0) is 4.74 Å². The van der Waals surface area contributed by atoms with Crippen LogP contribution in [0.2, 0.25) is 5.02 Å². The molecule has 0 aliphatic heterocycles. The molecule has 0 saturated carbocycles. The van der Waals surface area contributed by atoms with E-state index in [1.54, 1.807) is 18.2 Å². The highest BCUT2D eigenvalue weighted by Crippen LogP contribution is 2.27. The van der Waals surface area contributed by atoms with Crippen molar-refractivity contribution in [3.8, 4) is 5.75 Å². The van der Waals surface area contributed by atoms with Crippen LogP contribution in [0, 0.1) is 0 Å². The molecule has 0 aromatic heterocycles. The zero-order valence-corrected chi connectivity index (χ0v) is 12.9. The van der Waals surface area contributed by atoms with Crippen molar-refractivity contribution in [1.82, 2.24) is 0 Å². The number of benzene rings is 1. The Morgan fingerprint density at radius 2 is 2.10 bits per heavy atom. The molecule has 1 aromatic carbocycles. The van der Waals surface area contributed by atoms with Gasteiger partial charge in [-0.15, -0.1) is 0 Å². The third kappa shape index (κ3) is 6.09. The highest BCUT2D eigenvalue weighted by Gasteiger charge is 2.11. The van der Waals surface area contributed by atoms with E-state index < -0.39 is 6.10 Å². The maximum absolute atomic E-state index is 9.79. The normalized spacial score (nSPS) is 14.1. The van der Waals surface area contributed by atoms with Crippen molar-refractivity contribution in [1.29, 1.82) is 0 Å². The van der Waals surface area contributed by atoms with E-state index in [1.807, 2.05) is 6.92 Å². The van der Waals surface area contributed by atoms with Crippen molar-refractivity contribution in [3.05, 3.63) is 28.8 Å². The van der Waals surface area contributed by atoms with Gasteiger partial charge in [-0.05, 0) is 31.5 Å². The number of rotatable bonds is 9. The second kappa shape index (κ2) is 9.19. The first-order valence-electron chi connectivity index (χ1n) is 6.98. The van der Waals surface area contributed by atoms with Crippen LogP contribution >= 0.6 is 11.6 Å². The first-order chi connectivity index (χ1) is 9.54. The standard InChI is InChI=1S/C15H24ClNO3/c1-3-4-7-19-9-13(18)10-20-15-6-5-12(16)8-14(15)11(2)17/h5-6,8,11,13,18H,3-4,7,9-10,17H2,1-2H3/t11-,13?/m0/s1. The maximum atomic E-state index is 9.79. The van der Waals surface area contributed by atoms with Gasteiger partial charge in [0.05, 0.1) is 6.61 Å². The number of nitrogens with two attached hydrogens (primary N) is 1. The lowest BCUT2D eigenvalue weighted by molar-refractivity contribution is 0.0111. The number of hydrogen-bond acceptors (Lipinski definition) is 4. The fourth-order valence-corrected chi connectivity index (χ4v) is 1.89. The quantitative estimate of drug-likeness (QED) is 0.688. The SMILES string of the molecule is CCCCOCC(O)COc1ccc(Cl)cc1[C@H](C)N. The Kier molecular flexibility index (Phi) is 7.92. The summed E-state index contributed by atoms with van der Waals surface area (Å²) >= 11 is 5.94. The Hall–Kier alpha value is -0.810. The van der Waals surface area contributed by atoms with E-state index in [0.29, 0.717) is 17.4 Å². The molecule has 20 heavy (non-hydrogen) atoms. The van der Waals surface area contributed by atoms with Gasteiger partial charge in [0.1, 0.15) is 18.5 Å². The molecule has 0 saturated heterocycles. The van der Waals surface area contributed by atoms with Crippen LogP contribution in [0.4, 0.5) is 0 Å². The molecule has 0 aliphatic rings. The van der Waals surface area contributed by atoms with Gasteiger partial charge in [-0.3, -0.25) is 0 Å². The van der Waals surface area contributed by atoms with E-state index in [0.717, 1.165) is 18.4 Å². The molecule has 114 valence electrons. The lowest BCUT2D eigenvalue weighted by Crippen LogP contribution is -2.24. The van der Waals surface area contributed by atoms with E-state index in [4.69, 9.17) is 26.8 Å². The molecule has 1 aromatic rings. The monoisotopic (exact) mass is 301 g/mol. The Labute approximate surface area is 125 Å². The molecule has 1 rings (SSSR count). The summed E-state index contributed by atoms with van der Waals surface area (Å²) in [5.74, 6) is 0.650. The predicted molar refractivity (Wildman–Crippen MR) is 81.3 cm³/mol. The lowest BCUT2D eigenvalue weighted by Gasteiger charge is -2.17. The summed E-state index contributed by atoms with van der Waals surface area (Å²) < 4.78 is 10.9. The van der Waals surface area contributed by atoms with Crippen molar-refractivity contribution in [2.75, 3.05) is 19.8 Å². The van der Waals surface area contributed by atoms with Gasteiger partial charge in [0.25, 0.3) is 0 Å². The fraction of sp³-hybridized carbons (Fsp3) is 0.600. The van der Waals surface area contributed by atoms with Crippen LogP contribution in [0.5, 0.6) is 5.75 Å². The molecule has 0 radical (unpaired) electrons. The second-order valence-corrected chi connectivity index (χ2v) is 5.30. The van der Waals surface area contributed by atoms with Gasteiger partial charge in [0.15, 0.2) is 0 Å². The van der Waals surface area contributed by atoms with Gasteiger partial charge in [-0.1, -0.05) is 24.9 Å². The van der Waals surface area contributed by atoms with E-state index in [9.17, 15) is 5.11 Å². The van der Waals surface area contributed by atoms with Crippen molar-refractivity contribution < 1.29 is 14.6 Å². The van der Waals surface area contributed by atoms with Crippen molar-refractivity contribution in [2.45, 2.75) is 38.8 Å². The van der Waals surface area contributed by atoms with Crippen molar-refractivity contribution >= 4 is 11.6 Å². The summed E-state index contributed by atoms with van der Waals surface area (Å²) in [5, 5.41) is 10.4. The molecule has 0 fully saturated rings. The largest absolute Gasteiger partial charge is 0.490 e. The van der Waals surface area contributed by atoms with E-state index >= 15 is 0 Å². The number of aliphatic hydroxyl groups excluding tert-OH is 1. The minimum atomic E-state index is -0.650. The molecule has 2 atom stereocenters. The number of unbranched alkanes of at least 4 members (excludes halogenated alkanes) is 1. The lowest BCUT2D eigenvalue weighted by atomic mass is 10.1. The first kappa shape index (κ1) is 17.2. The average Bonchev–Trinajstić information content (AvgIpc) is 2.42. The third-order valence-electron chi connectivity index (χ3n) is 2.85. The molecule has 1 unspecified atom stereocenters. The van der Waals surface area contributed by atoms with E-state index in [-0.39, 0.29) is 19.3 Å². The van der Waals surface area contributed by atoms with Crippen molar-refractivity contribution in [3.63, 3.8) is 0 Å². The number of aliphatic hydroxyl groups is 1. The summed E-state index contributed by atoms with van der Waals surface area (Å²) in [6.07, 6.45) is 1.43. The Morgan fingerprint density at radius 3 is 2.75 bits per heavy atom. The fourth-order valence-electron chi connectivity index (χ4n) is 1.71. The summed E-state index contributed by atoms with van der Waals surface area (Å²) in [6.45, 7) is 5.08. The second-order valence-electron chi connectivity index (χ2n) is 4.86. The number of hydrogen-bond donors (Lipinski definition) is 2. The average molecular weight is 302 g/mol. The first-order valence-corrected chi connectivity index (χ1v) is 7.36. The van der Waals surface area contributed by atoms with Gasteiger partial charge in [-0.25, -0.2) is 0 Å². The molecular formula is C15H24ClNO3. The Bertz CT molecular complexity index is 399. The summed E-state index contributed by atoms with van der Waals surface area (Å²) in [5.41, 5.74) is 6.71. The topological polar surface area (TPSA) is 64.7 Å². The summed E-state index contributed by atoms with van der Waals surface area (Å²) in [4.78, 5) is 0. The predicted octanol–water partition coefficient (Wildman–Crippen LogP) is 2.92. The molecular weight excluding hydrogens is 278 g/mol. The molecule has 0 aliphatic carbocycles.